The summed E-state index contributed by atoms with van der Waals surface area (Å²) < 4.78 is 13.5. The maximum absolute atomic E-state index is 13.5. The van der Waals surface area contributed by atoms with Crippen molar-refractivity contribution in [2.24, 2.45) is 0 Å². The highest BCUT2D eigenvalue weighted by Gasteiger charge is 2.10. The number of benzene rings is 1. The average Bonchev–Trinajstić information content (AvgIpc) is 2.28. The fourth-order valence-electron chi connectivity index (χ4n) is 1.35. The molecule has 0 unspecified atom stereocenters. The van der Waals surface area contributed by atoms with Crippen LogP contribution in [-0.4, -0.2) is 9.97 Å². The first kappa shape index (κ1) is 11.9. The second-order valence-electron chi connectivity index (χ2n) is 3.62. The van der Waals surface area contributed by atoms with E-state index in [0.717, 1.165) is 5.56 Å². The number of anilines is 1. The average molecular weight is 249 g/mol. The lowest BCUT2D eigenvalue weighted by Gasteiger charge is -2.08. The van der Waals surface area contributed by atoms with Crippen molar-refractivity contribution in [3.63, 3.8) is 0 Å². The Bertz CT molecular complexity index is 557. The molecule has 0 saturated carbocycles. The van der Waals surface area contributed by atoms with Gasteiger partial charge in [0.25, 0.3) is 0 Å². The third-order valence-electron chi connectivity index (χ3n) is 2.29. The van der Waals surface area contributed by atoms with E-state index in [2.05, 4.69) is 9.97 Å². The van der Waals surface area contributed by atoms with E-state index in [1.54, 1.807) is 25.1 Å². The number of nitrogens with two attached hydrogens (primary N) is 1. The van der Waals surface area contributed by atoms with Crippen molar-refractivity contribution < 1.29 is 4.39 Å². The molecule has 0 saturated heterocycles. The van der Waals surface area contributed by atoms with Gasteiger partial charge in [-0.1, -0.05) is 23.9 Å². The largest absolute Gasteiger partial charge is 0.383 e. The third-order valence-corrected chi connectivity index (χ3v) is 3.44. The van der Waals surface area contributed by atoms with E-state index >= 15 is 0 Å². The Hall–Kier alpha value is -1.62. The van der Waals surface area contributed by atoms with E-state index in [-0.39, 0.29) is 5.82 Å². The molecule has 0 aliphatic heterocycles. The van der Waals surface area contributed by atoms with Crippen LogP contribution in [0.15, 0.2) is 34.2 Å². The highest BCUT2D eigenvalue weighted by atomic mass is 32.2. The quantitative estimate of drug-likeness (QED) is 0.831. The number of aryl methyl sites for hydroxylation is 1. The molecule has 2 aromatic rings. The topological polar surface area (TPSA) is 51.8 Å². The van der Waals surface area contributed by atoms with E-state index in [1.165, 1.54) is 17.8 Å². The van der Waals surface area contributed by atoms with Gasteiger partial charge in [0.2, 0.25) is 0 Å². The molecule has 1 aromatic carbocycles. The van der Waals surface area contributed by atoms with Crippen LogP contribution in [0.4, 0.5) is 10.2 Å². The molecule has 2 rings (SSSR count). The summed E-state index contributed by atoms with van der Waals surface area (Å²) in [6, 6.07) is 6.59. The molecule has 2 N–H and O–H groups in total. The van der Waals surface area contributed by atoms with E-state index in [0.29, 0.717) is 21.6 Å². The molecule has 1 heterocycles. The number of nitrogens with zero attached hydrogens (tertiary/aromatic N) is 2. The summed E-state index contributed by atoms with van der Waals surface area (Å²) in [5.41, 5.74) is 6.54. The minimum Gasteiger partial charge on any atom is -0.383 e. The van der Waals surface area contributed by atoms with Crippen LogP contribution in [0.5, 0.6) is 0 Å². The van der Waals surface area contributed by atoms with Crippen LogP contribution in [-0.2, 0) is 0 Å². The normalized spacial score (nSPS) is 10.5. The fraction of sp³-hybridized carbons (Fsp3) is 0.167. The van der Waals surface area contributed by atoms with Gasteiger partial charge in [-0.2, -0.15) is 0 Å². The number of halogens is 1. The molecular formula is C12H12FN3S. The summed E-state index contributed by atoms with van der Waals surface area (Å²) in [7, 11) is 0. The molecule has 0 radical (unpaired) electrons. The molecule has 0 spiro atoms. The standard InChI is InChI=1S/C12H12FN3S/c1-7-11(14)15-8(2)16-12(7)17-10-6-4-3-5-9(10)13/h3-6H,1-2H3,(H2,14,15,16). The third kappa shape index (κ3) is 2.55. The summed E-state index contributed by atoms with van der Waals surface area (Å²) in [5.74, 6) is 0.773. The number of nitrogen functional groups attached to an aromatic ring is 1. The molecule has 3 nitrogen and oxygen atoms in total. The first-order valence-electron chi connectivity index (χ1n) is 5.11. The van der Waals surface area contributed by atoms with Gasteiger partial charge in [0.05, 0.1) is 0 Å². The van der Waals surface area contributed by atoms with Crippen LogP contribution >= 0.6 is 11.8 Å². The highest BCUT2D eigenvalue weighted by Crippen LogP contribution is 2.31. The molecular weight excluding hydrogens is 237 g/mol. The van der Waals surface area contributed by atoms with Crippen LogP contribution < -0.4 is 5.73 Å². The van der Waals surface area contributed by atoms with Gasteiger partial charge in [-0.15, -0.1) is 0 Å². The second-order valence-corrected chi connectivity index (χ2v) is 4.65. The zero-order valence-corrected chi connectivity index (χ0v) is 10.4. The number of aromatic nitrogens is 2. The number of hydrogen-bond acceptors (Lipinski definition) is 4. The van der Waals surface area contributed by atoms with Crippen molar-refractivity contribution in [1.82, 2.24) is 9.97 Å². The molecule has 0 fully saturated rings. The molecule has 5 heteroatoms. The molecule has 88 valence electrons. The predicted molar refractivity (Wildman–Crippen MR) is 66.4 cm³/mol. The zero-order valence-electron chi connectivity index (χ0n) is 9.57. The number of rotatable bonds is 2. The summed E-state index contributed by atoms with van der Waals surface area (Å²) >= 11 is 1.26. The number of hydrogen-bond donors (Lipinski definition) is 1. The Morgan fingerprint density at radius 2 is 1.88 bits per heavy atom. The first-order valence-corrected chi connectivity index (χ1v) is 5.92. The molecule has 1 aromatic heterocycles. The Balaban J connectivity index is 2.40. The SMILES string of the molecule is Cc1nc(N)c(C)c(Sc2ccccc2F)n1. The minimum absolute atomic E-state index is 0.258. The van der Waals surface area contributed by atoms with Gasteiger partial charge in [-0.25, -0.2) is 14.4 Å². The van der Waals surface area contributed by atoms with Crippen LogP contribution in [0, 0.1) is 19.7 Å². The summed E-state index contributed by atoms with van der Waals surface area (Å²) in [5, 5.41) is 0.695. The van der Waals surface area contributed by atoms with Gasteiger partial charge >= 0.3 is 0 Å². The maximum Gasteiger partial charge on any atom is 0.137 e. The Morgan fingerprint density at radius 3 is 2.59 bits per heavy atom. The molecule has 0 atom stereocenters. The van der Waals surface area contributed by atoms with Gasteiger partial charge in [0, 0.05) is 10.5 Å². The maximum atomic E-state index is 13.5. The van der Waals surface area contributed by atoms with Crippen LogP contribution in [0.3, 0.4) is 0 Å². The predicted octanol–water partition coefficient (Wildman–Crippen LogP) is 2.97. The Kier molecular flexibility index (Phi) is 3.28. The lowest BCUT2D eigenvalue weighted by atomic mass is 10.3. The van der Waals surface area contributed by atoms with E-state index < -0.39 is 0 Å². The van der Waals surface area contributed by atoms with Crippen molar-refractivity contribution >= 4 is 17.6 Å². The first-order chi connectivity index (χ1) is 8.08. The van der Waals surface area contributed by atoms with Crippen molar-refractivity contribution in [2.75, 3.05) is 5.73 Å². The molecule has 0 aliphatic carbocycles. The lowest BCUT2D eigenvalue weighted by molar-refractivity contribution is 0.602. The van der Waals surface area contributed by atoms with Crippen molar-refractivity contribution in [3.05, 3.63) is 41.5 Å². The molecule has 17 heavy (non-hydrogen) atoms. The van der Waals surface area contributed by atoms with Crippen LogP contribution in [0.1, 0.15) is 11.4 Å². The van der Waals surface area contributed by atoms with Crippen molar-refractivity contribution in [3.8, 4) is 0 Å². The van der Waals surface area contributed by atoms with Crippen LogP contribution in [0.25, 0.3) is 0 Å². The summed E-state index contributed by atoms with van der Waals surface area (Å²) in [4.78, 5) is 8.87. The Morgan fingerprint density at radius 1 is 1.18 bits per heavy atom. The zero-order chi connectivity index (χ0) is 12.4. The summed E-state index contributed by atoms with van der Waals surface area (Å²) in [6.45, 7) is 3.60. The minimum atomic E-state index is -0.258. The molecule has 0 bridgehead atoms. The smallest absolute Gasteiger partial charge is 0.137 e. The van der Waals surface area contributed by atoms with Crippen molar-refractivity contribution in [2.45, 2.75) is 23.8 Å². The van der Waals surface area contributed by atoms with E-state index in [4.69, 9.17) is 5.73 Å². The van der Waals surface area contributed by atoms with Gasteiger partial charge in [-0.3, -0.25) is 0 Å². The van der Waals surface area contributed by atoms with E-state index in [9.17, 15) is 4.39 Å². The molecule has 0 amide bonds. The molecule has 0 aliphatic rings. The van der Waals surface area contributed by atoms with Gasteiger partial charge in [0.1, 0.15) is 22.5 Å². The van der Waals surface area contributed by atoms with Gasteiger partial charge in [-0.05, 0) is 26.0 Å². The monoisotopic (exact) mass is 249 g/mol. The second kappa shape index (κ2) is 4.71. The Labute approximate surface area is 103 Å². The van der Waals surface area contributed by atoms with Crippen LogP contribution in [0.2, 0.25) is 0 Å². The van der Waals surface area contributed by atoms with Gasteiger partial charge in [0.15, 0.2) is 0 Å². The summed E-state index contributed by atoms with van der Waals surface area (Å²) in [6.07, 6.45) is 0. The lowest BCUT2D eigenvalue weighted by Crippen LogP contribution is -2.01. The highest BCUT2D eigenvalue weighted by molar-refractivity contribution is 7.99. The van der Waals surface area contributed by atoms with Gasteiger partial charge < -0.3 is 5.73 Å². The van der Waals surface area contributed by atoms with E-state index in [1.807, 2.05) is 6.92 Å². The fourth-order valence-corrected chi connectivity index (χ4v) is 2.31. The van der Waals surface area contributed by atoms with Crippen molar-refractivity contribution in [1.29, 1.82) is 0 Å².